The summed E-state index contributed by atoms with van der Waals surface area (Å²) in [7, 11) is 0. The fraction of sp³-hybridized carbons (Fsp3) is 0.294. The highest BCUT2D eigenvalue weighted by Crippen LogP contribution is 2.34. The smallest absolute Gasteiger partial charge is 0.410 e. The van der Waals surface area contributed by atoms with E-state index in [1.165, 1.54) is 0 Å². The van der Waals surface area contributed by atoms with E-state index in [0.29, 0.717) is 18.7 Å². The lowest BCUT2D eigenvalue weighted by atomic mass is 9.97. The third-order valence-corrected chi connectivity index (χ3v) is 7.76. The fourth-order valence-electron chi connectivity index (χ4n) is 5.98. The summed E-state index contributed by atoms with van der Waals surface area (Å²) in [4.78, 5) is 21.7. The molecule has 1 aliphatic rings. The van der Waals surface area contributed by atoms with Gasteiger partial charge in [0.05, 0.1) is 17.8 Å². The minimum absolute atomic E-state index is 0.144. The predicted molar refractivity (Wildman–Crippen MR) is 165 cm³/mol. The molecule has 0 spiro atoms. The van der Waals surface area contributed by atoms with Gasteiger partial charge in [0.1, 0.15) is 5.60 Å². The zero-order chi connectivity index (χ0) is 29.6. The van der Waals surface area contributed by atoms with Crippen molar-refractivity contribution in [3.05, 3.63) is 84.8 Å². The summed E-state index contributed by atoms with van der Waals surface area (Å²) in [5.74, 6) is 0. The molecule has 5 aromatic rings. The SMILES string of the molecule is CC1CN(C(=O)OC(C)(C)C)CC(C)N1c1ccc(-c2cnc3c(-c4ccc(C#N)c5ccccc45)cnn3c2)cc1. The van der Waals surface area contributed by atoms with Gasteiger partial charge in [-0.3, -0.25) is 0 Å². The highest BCUT2D eigenvalue weighted by molar-refractivity contribution is 6.02. The third-order valence-electron chi connectivity index (χ3n) is 7.76. The van der Waals surface area contributed by atoms with Crippen molar-refractivity contribution in [3.8, 4) is 28.3 Å². The van der Waals surface area contributed by atoms with Gasteiger partial charge in [0.2, 0.25) is 0 Å². The van der Waals surface area contributed by atoms with Crippen LogP contribution in [0.3, 0.4) is 0 Å². The van der Waals surface area contributed by atoms with Gasteiger partial charge in [0.25, 0.3) is 0 Å². The minimum Gasteiger partial charge on any atom is -0.444 e. The molecule has 212 valence electrons. The topological polar surface area (TPSA) is 86.8 Å². The van der Waals surface area contributed by atoms with Gasteiger partial charge in [0, 0.05) is 59.8 Å². The van der Waals surface area contributed by atoms with E-state index in [0.717, 1.165) is 44.4 Å². The van der Waals surface area contributed by atoms with Gasteiger partial charge in [0.15, 0.2) is 5.65 Å². The summed E-state index contributed by atoms with van der Waals surface area (Å²) in [6.45, 7) is 11.2. The number of hydrogen-bond donors (Lipinski definition) is 0. The molecule has 0 bridgehead atoms. The summed E-state index contributed by atoms with van der Waals surface area (Å²) >= 11 is 0. The number of nitriles is 1. The second-order valence-corrected chi connectivity index (χ2v) is 12.0. The molecule has 2 aromatic heterocycles. The van der Waals surface area contributed by atoms with Crippen molar-refractivity contribution in [2.75, 3.05) is 18.0 Å². The third kappa shape index (κ3) is 5.03. The van der Waals surface area contributed by atoms with Crippen molar-refractivity contribution in [1.82, 2.24) is 19.5 Å². The first-order valence-electron chi connectivity index (χ1n) is 14.3. The lowest BCUT2D eigenvalue weighted by Gasteiger charge is -2.45. The van der Waals surface area contributed by atoms with Crippen molar-refractivity contribution < 1.29 is 9.53 Å². The van der Waals surface area contributed by atoms with Crippen molar-refractivity contribution in [1.29, 1.82) is 5.26 Å². The molecule has 3 heterocycles. The van der Waals surface area contributed by atoms with Crippen LogP contribution in [0.25, 0.3) is 38.7 Å². The summed E-state index contributed by atoms with van der Waals surface area (Å²) in [6.07, 6.45) is 5.46. The highest BCUT2D eigenvalue weighted by atomic mass is 16.6. The first-order chi connectivity index (χ1) is 20.1. The van der Waals surface area contributed by atoms with Crippen molar-refractivity contribution in [2.45, 2.75) is 52.3 Å². The van der Waals surface area contributed by atoms with Crippen LogP contribution < -0.4 is 4.90 Å². The number of benzene rings is 3. The van der Waals surface area contributed by atoms with E-state index in [2.05, 4.69) is 54.2 Å². The van der Waals surface area contributed by atoms with Gasteiger partial charge in [-0.1, -0.05) is 42.5 Å². The number of ether oxygens (including phenoxy) is 1. The van der Waals surface area contributed by atoms with E-state index in [1.54, 1.807) is 0 Å². The van der Waals surface area contributed by atoms with Gasteiger partial charge in [-0.05, 0) is 69.3 Å². The highest BCUT2D eigenvalue weighted by Gasteiger charge is 2.34. The van der Waals surface area contributed by atoms with Crippen LogP contribution in [0.4, 0.5) is 10.5 Å². The van der Waals surface area contributed by atoms with Gasteiger partial charge < -0.3 is 14.5 Å². The molecule has 8 heteroatoms. The van der Waals surface area contributed by atoms with Crippen LogP contribution in [0.15, 0.2) is 79.3 Å². The molecule has 0 aliphatic carbocycles. The van der Waals surface area contributed by atoms with Crippen LogP contribution in [-0.4, -0.2) is 56.4 Å². The Kier molecular flexibility index (Phi) is 6.82. The van der Waals surface area contributed by atoms with E-state index in [-0.39, 0.29) is 18.2 Å². The molecule has 1 saturated heterocycles. The Balaban J connectivity index is 1.24. The number of aromatic nitrogens is 3. The summed E-state index contributed by atoms with van der Waals surface area (Å²) < 4.78 is 7.42. The quantitative estimate of drug-likeness (QED) is 0.239. The standard InChI is InChI=1S/C34H34N6O2/c1-22-19-38(33(41)42-34(3,4)5)20-23(2)40(22)27-13-10-24(11-14-27)26-17-36-32-31(18-37-39(32)21-26)30-15-12-25(16-35)28-8-6-7-9-29(28)30/h6-15,17-18,21-23H,19-20H2,1-5H3. The van der Waals surface area contributed by atoms with E-state index < -0.39 is 5.60 Å². The summed E-state index contributed by atoms with van der Waals surface area (Å²) in [5, 5.41) is 16.1. The number of piperazine rings is 1. The molecule has 2 unspecified atom stereocenters. The number of rotatable bonds is 3. The number of anilines is 1. The van der Waals surface area contributed by atoms with Crippen LogP contribution in [0.1, 0.15) is 40.2 Å². The van der Waals surface area contributed by atoms with E-state index in [9.17, 15) is 10.1 Å². The average Bonchev–Trinajstić information content (AvgIpc) is 3.39. The zero-order valence-electron chi connectivity index (χ0n) is 24.6. The molecule has 8 nitrogen and oxygen atoms in total. The molecule has 0 radical (unpaired) electrons. The van der Waals surface area contributed by atoms with Crippen LogP contribution in [0.5, 0.6) is 0 Å². The maximum absolute atomic E-state index is 12.7. The van der Waals surface area contributed by atoms with Gasteiger partial charge in [-0.25, -0.2) is 14.3 Å². The fourth-order valence-corrected chi connectivity index (χ4v) is 5.98. The largest absolute Gasteiger partial charge is 0.444 e. The Hall–Kier alpha value is -4.90. The number of hydrogen-bond acceptors (Lipinski definition) is 6. The maximum atomic E-state index is 12.7. The Bertz CT molecular complexity index is 1820. The Morgan fingerprint density at radius 2 is 1.60 bits per heavy atom. The van der Waals surface area contributed by atoms with Crippen LogP contribution >= 0.6 is 0 Å². The Morgan fingerprint density at radius 3 is 2.26 bits per heavy atom. The number of nitrogens with zero attached hydrogens (tertiary/aromatic N) is 6. The summed E-state index contributed by atoms with van der Waals surface area (Å²) in [5.41, 5.74) is 5.94. The molecule has 3 aromatic carbocycles. The van der Waals surface area contributed by atoms with E-state index in [1.807, 2.05) is 85.2 Å². The minimum atomic E-state index is -0.510. The second-order valence-electron chi connectivity index (χ2n) is 12.0. The Labute approximate surface area is 245 Å². The van der Waals surface area contributed by atoms with Crippen molar-refractivity contribution >= 4 is 28.2 Å². The van der Waals surface area contributed by atoms with Gasteiger partial charge in [-0.15, -0.1) is 0 Å². The number of carbonyl (C=O) groups is 1. The lowest BCUT2D eigenvalue weighted by Crippen LogP contribution is -2.58. The van der Waals surface area contributed by atoms with Crippen LogP contribution in [0.2, 0.25) is 0 Å². The van der Waals surface area contributed by atoms with Crippen molar-refractivity contribution in [3.63, 3.8) is 0 Å². The molecule has 1 amide bonds. The Morgan fingerprint density at radius 1 is 0.905 bits per heavy atom. The van der Waals surface area contributed by atoms with Gasteiger partial charge >= 0.3 is 6.09 Å². The first kappa shape index (κ1) is 27.3. The zero-order valence-corrected chi connectivity index (χ0v) is 24.6. The molecule has 0 saturated carbocycles. The molecule has 1 fully saturated rings. The number of fused-ring (bicyclic) bond motifs is 2. The predicted octanol–water partition coefficient (Wildman–Crippen LogP) is 6.92. The molecule has 6 rings (SSSR count). The van der Waals surface area contributed by atoms with Crippen LogP contribution in [-0.2, 0) is 4.74 Å². The first-order valence-corrected chi connectivity index (χ1v) is 14.3. The van der Waals surface area contributed by atoms with E-state index in [4.69, 9.17) is 9.72 Å². The molecule has 42 heavy (non-hydrogen) atoms. The monoisotopic (exact) mass is 558 g/mol. The van der Waals surface area contributed by atoms with Crippen LogP contribution in [0, 0.1) is 11.3 Å². The maximum Gasteiger partial charge on any atom is 0.410 e. The normalized spacial score (nSPS) is 17.4. The van der Waals surface area contributed by atoms with Gasteiger partial charge in [-0.2, -0.15) is 10.4 Å². The molecule has 0 N–H and O–H groups in total. The molecule has 2 atom stereocenters. The lowest BCUT2D eigenvalue weighted by molar-refractivity contribution is 0.0193. The summed E-state index contributed by atoms with van der Waals surface area (Å²) in [6, 6.07) is 22.8. The molecule has 1 aliphatic heterocycles. The molecular weight excluding hydrogens is 524 g/mol. The second kappa shape index (κ2) is 10.5. The number of carbonyl (C=O) groups excluding carboxylic acids is 1. The van der Waals surface area contributed by atoms with E-state index >= 15 is 0 Å². The number of amides is 1. The molecular formula is C34H34N6O2. The van der Waals surface area contributed by atoms with Crippen molar-refractivity contribution in [2.24, 2.45) is 0 Å². The average molecular weight is 559 g/mol.